The zero-order valence-electron chi connectivity index (χ0n) is 12.0. The second-order valence-corrected chi connectivity index (χ2v) is 5.55. The molecule has 3 rings (SSSR count). The van der Waals surface area contributed by atoms with Gasteiger partial charge in [0, 0.05) is 13.0 Å². The minimum Gasteiger partial charge on any atom is -0.303 e. The smallest absolute Gasteiger partial charge is 0.158 e. The summed E-state index contributed by atoms with van der Waals surface area (Å²) in [6.45, 7) is 2.66. The third kappa shape index (κ3) is 2.88. The van der Waals surface area contributed by atoms with Crippen LogP contribution in [0.5, 0.6) is 0 Å². The molecule has 1 unspecified atom stereocenters. The van der Waals surface area contributed by atoms with E-state index in [0.29, 0.717) is 6.42 Å². The molecule has 3 heteroatoms. The van der Waals surface area contributed by atoms with Crippen molar-refractivity contribution in [3.05, 3.63) is 70.5 Å². The van der Waals surface area contributed by atoms with E-state index in [1.165, 1.54) is 17.7 Å². The van der Waals surface area contributed by atoms with Gasteiger partial charge in [0.25, 0.3) is 0 Å². The molecular formula is C18H18FNO. The first-order valence-electron chi connectivity index (χ1n) is 7.24. The van der Waals surface area contributed by atoms with Gasteiger partial charge in [0.05, 0.1) is 6.04 Å². The van der Waals surface area contributed by atoms with Gasteiger partial charge < -0.3 is 5.32 Å². The van der Waals surface area contributed by atoms with E-state index in [1.54, 1.807) is 6.07 Å². The quantitative estimate of drug-likeness (QED) is 0.937. The third-order valence-electron chi connectivity index (χ3n) is 4.10. The molecule has 0 saturated carbocycles. The van der Waals surface area contributed by atoms with Crippen molar-refractivity contribution in [1.82, 2.24) is 5.32 Å². The molecule has 1 atom stereocenters. The molecule has 2 aromatic carbocycles. The van der Waals surface area contributed by atoms with Crippen molar-refractivity contribution in [2.75, 3.05) is 6.54 Å². The number of benzene rings is 2. The van der Waals surface area contributed by atoms with Gasteiger partial charge in [-0.05, 0) is 47.7 Å². The number of Topliss-reactive ketones (excluding diaryl/α,β-unsaturated/α-hetero) is 1. The van der Waals surface area contributed by atoms with E-state index >= 15 is 0 Å². The van der Waals surface area contributed by atoms with E-state index in [2.05, 4.69) is 11.4 Å². The zero-order valence-corrected chi connectivity index (χ0v) is 12.0. The lowest BCUT2D eigenvalue weighted by Crippen LogP contribution is -2.35. The van der Waals surface area contributed by atoms with E-state index in [0.717, 1.165) is 29.7 Å². The number of hydrogen-bond acceptors (Lipinski definition) is 2. The largest absolute Gasteiger partial charge is 0.303 e. The van der Waals surface area contributed by atoms with Gasteiger partial charge in [-0.3, -0.25) is 4.79 Å². The van der Waals surface area contributed by atoms with Gasteiger partial charge in [0.2, 0.25) is 0 Å². The van der Waals surface area contributed by atoms with Crippen molar-refractivity contribution in [2.45, 2.75) is 25.8 Å². The predicted molar refractivity (Wildman–Crippen MR) is 80.7 cm³/mol. The molecule has 2 nitrogen and oxygen atoms in total. The Labute approximate surface area is 124 Å². The second kappa shape index (κ2) is 5.78. The molecule has 0 bridgehead atoms. The molecule has 108 valence electrons. The van der Waals surface area contributed by atoms with E-state index < -0.39 is 0 Å². The van der Waals surface area contributed by atoms with Crippen molar-refractivity contribution in [3.63, 3.8) is 0 Å². The van der Waals surface area contributed by atoms with E-state index in [4.69, 9.17) is 0 Å². The fourth-order valence-corrected chi connectivity index (χ4v) is 2.94. The van der Waals surface area contributed by atoms with Gasteiger partial charge >= 0.3 is 0 Å². The van der Waals surface area contributed by atoms with Crippen LogP contribution in [-0.2, 0) is 17.6 Å². The lowest BCUT2D eigenvalue weighted by Gasteiger charge is -2.26. The zero-order chi connectivity index (χ0) is 14.8. The number of hydrogen-bond donors (Lipinski definition) is 1. The Bertz CT molecular complexity index is 681. The van der Waals surface area contributed by atoms with Crippen molar-refractivity contribution in [3.8, 4) is 0 Å². The van der Waals surface area contributed by atoms with Crippen molar-refractivity contribution < 1.29 is 9.18 Å². The number of carbonyl (C=O) groups is 1. The monoisotopic (exact) mass is 283 g/mol. The van der Waals surface area contributed by atoms with Crippen LogP contribution in [-0.4, -0.2) is 12.3 Å². The van der Waals surface area contributed by atoms with Gasteiger partial charge in [-0.15, -0.1) is 0 Å². The minimum absolute atomic E-state index is 0.136. The number of carbonyl (C=O) groups excluding carboxylic acids is 1. The minimum atomic E-state index is -0.259. The summed E-state index contributed by atoms with van der Waals surface area (Å²) >= 11 is 0. The maximum absolute atomic E-state index is 13.1. The molecule has 0 amide bonds. The first-order valence-corrected chi connectivity index (χ1v) is 7.24. The lowest BCUT2D eigenvalue weighted by molar-refractivity contribution is -0.120. The summed E-state index contributed by atoms with van der Waals surface area (Å²) < 4.78 is 13.1. The highest BCUT2D eigenvalue weighted by atomic mass is 19.1. The van der Waals surface area contributed by atoms with Crippen LogP contribution >= 0.6 is 0 Å². The average molecular weight is 283 g/mol. The molecule has 1 aliphatic rings. The highest BCUT2D eigenvalue weighted by Crippen LogP contribution is 2.25. The van der Waals surface area contributed by atoms with Crippen LogP contribution in [0.25, 0.3) is 0 Å². The topological polar surface area (TPSA) is 29.1 Å². The molecule has 0 aliphatic carbocycles. The standard InChI is InChI=1S/C18H18FNO/c1-12-10-15(19)7-6-14(12)11-17(21)18-16-5-3-2-4-13(16)8-9-20-18/h2-7,10,18,20H,8-9,11H2,1H3. The summed E-state index contributed by atoms with van der Waals surface area (Å²) in [4.78, 5) is 12.6. The summed E-state index contributed by atoms with van der Waals surface area (Å²) in [7, 11) is 0. The van der Waals surface area contributed by atoms with Crippen molar-refractivity contribution >= 4 is 5.78 Å². The summed E-state index contributed by atoms with van der Waals surface area (Å²) in [5.41, 5.74) is 4.04. The highest BCUT2D eigenvalue weighted by Gasteiger charge is 2.25. The normalized spacial score (nSPS) is 17.3. The summed E-state index contributed by atoms with van der Waals surface area (Å²) in [5.74, 6) is -0.123. The molecule has 1 N–H and O–H groups in total. The molecule has 0 radical (unpaired) electrons. The maximum atomic E-state index is 13.1. The summed E-state index contributed by atoms with van der Waals surface area (Å²) in [6.07, 6.45) is 1.29. The Morgan fingerprint density at radius 1 is 1.29 bits per heavy atom. The molecule has 1 heterocycles. The molecule has 0 spiro atoms. The Morgan fingerprint density at radius 3 is 2.90 bits per heavy atom. The Morgan fingerprint density at radius 2 is 2.10 bits per heavy atom. The highest BCUT2D eigenvalue weighted by molar-refractivity contribution is 5.88. The number of rotatable bonds is 3. The lowest BCUT2D eigenvalue weighted by atomic mass is 9.89. The third-order valence-corrected chi connectivity index (χ3v) is 4.10. The average Bonchev–Trinajstić information content (AvgIpc) is 2.49. The van der Waals surface area contributed by atoms with Crippen LogP contribution in [0.3, 0.4) is 0 Å². The van der Waals surface area contributed by atoms with Crippen molar-refractivity contribution in [2.24, 2.45) is 0 Å². The fraction of sp³-hybridized carbons (Fsp3) is 0.278. The molecule has 1 aliphatic heterocycles. The Hall–Kier alpha value is -2.00. The maximum Gasteiger partial charge on any atom is 0.158 e. The summed E-state index contributed by atoms with van der Waals surface area (Å²) in [6, 6.07) is 12.4. The van der Waals surface area contributed by atoms with Crippen LogP contribution in [0, 0.1) is 12.7 Å². The Balaban J connectivity index is 1.83. The van der Waals surface area contributed by atoms with Crippen LogP contribution in [0.15, 0.2) is 42.5 Å². The van der Waals surface area contributed by atoms with Gasteiger partial charge in [0.1, 0.15) is 5.82 Å². The fourth-order valence-electron chi connectivity index (χ4n) is 2.94. The second-order valence-electron chi connectivity index (χ2n) is 5.55. The van der Waals surface area contributed by atoms with E-state index in [1.807, 2.05) is 25.1 Å². The van der Waals surface area contributed by atoms with Crippen LogP contribution in [0.4, 0.5) is 4.39 Å². The first kappa shape index (κ1) is 14.0. The van der Waals surface area contributed by atoms with E-state index in [9.17, 15) is 9.18 Å². The SMILES string of the molecule is Cc1cc(F)ccc1CC(=O)C1NCCc2ccccc21. The molecule has 21 heavy (non-hydrogen) atoms. The summed E-state index contributed by atoms with van der Waals surface area (Å²) in [5, 5.41) is 3.30. The number of aryl methyl sites for hydroxylation is 1. The molecule has 2 aromatic rings. The van der Waals surface area contributed by atoms with Gasteiger partial charge in [-0.1, -0.05) is 30.3 Å². The van der Waals surface area contributed by atoms with E-state index in [-0.39, 0.29) is 17.6 Å². The molecule has 0 saturated heterocycles. The van der Waals surface area contributed by atoms with Crippen LogP contribution < -0.4 is 5.32 Å². The van der Waals surface area contributed by atoms with Crippen LogP contribution in [0.1, 0.15) is 28.3 Å². The number of ketones is 1. The van der Waals surface area contributed by atoms with Gasteiger partial charge in [-0.25, -0.2) is 4.39 Å². The first-order chi connectivity index (χ1) is 10.1. The number of nitrogens with one attached hydrogen (secondary N) is 1. The van der Waals surface area contributed by atoms with Gasteiger partial charge in [-0.2, -0.15) is 0 Å². The molecule has 0 aromatic heterocycles. The van der Waals surface area contributed by atoms with Crippen LogP contribution in [0.2, 0.25) is 0 Å². The Kier molecular flexibility index (Phi) is 3.84. The van der Waals surface area contributed by atoms with Gasteiger partial charge in [0.15, 0.2) is 5.78 Å². The number of halogens is 1. The number of fused-ring (bicyclic) bond motifs is 1. The molecule has 0 fully saturated rings. The van der Waals surface area contributed by atoms with Crippen molar-refractivity contribution in [1.29, 1.82) is 0 Å². The predicted octanol–water partition coefficient (Wildman–Crippen LogP) is 3.13. The molecular weight excluding hydrogens is 265 g/mol.